The average Bonchev–Trinajstić information content (AvgIpc) is 4.07. The second-order valence-electron chi connectivity index (χ2n) is 20.5. The zero-order chi connectivity index (χ0) is 50.1. The van der Waals surface area contributed by atoms with Crippen molar-refractivity contribution in [2.24, 2.45) is 0 Å². The maximum absolute atomic E-state index is 8.61. The van der Waals surface area contributed by atoms with E-state index in [-0.39, 0.29) is 48.3 Å². The van der Waals surface area contributed by atoms with E-state index in [2.05, 4.69) is 146 Å². The molecule has 7 aromatic carbocycles. The van der Waals surface area contributed by atoms with Crippen LogP contribution in [0.1, 0.15) is 113 Å². The van der Waals surface area contributed by atoms with Crippen LogP contribution in [0, 0.1) is 19.0 Å². The summed E-state index contributed by atoms with van der Waals surface area (Å²) < 4.78 is 41.1. The SMILES string of the molecule is CC(C)(C)c1ccnc(-c2[c-]cccc2)c1.[2H]C([2H])([2H])c1c[c-]c(-c2nc3ccccc3n2-c2c(C(C)C)cc(-c3ccccc3)cc2C(C)C)c2oc3cc4c(ccc5oc(C(C)(C)C)nc54)cc3c12.[Ir]. The summed E-state index contributed by atoms with van der Waals surface area (Å²) in [6, 6.07) is 51.5. The molecule has 4 aromatic heterocycles. The van der Waals surface area contributed by atoms with Crippen LogP contribution in [0.4, 0.5) is 0 Å². The van der Waals surface area contributed by atoms with Crippen molar-refractivity contribution in [2.75, 3.05) is 0 Å². The standard InChI is InChI=1S/C47H42N3O2.C15H16N.Ir/c1-26(2)33-23-31(29-14-10-9-11-15-29)24-34(27(3)4)43(33)50-38-17-13-12-16-37(38)48-45(50)32-20-18-28(5)41-36-22-30-19-21-39-42(49-46(52-39)47(6,7)8)35(30)25-40(36)51-44(32)41;1-15(2,3)13-9-10-16-14(11-13)12-7-5-4-6-8-12;/h9-19,21-27H,1-8H3;4-7,9-11H,1-3H3;/q2*-1;/i5D3;;. The van der Waals surface area contributed by atoms with E-state index < -0.39 is 6.85 Å². The Morgan fingerprint density at radius 1 is 0.667 bits per heavy atom. The van der Waals surface area contributed by atoms with E-state index >= 15 is 0 Å². The summed E-state index contributed by atoms with van der Waals surface area (Å²) in [5, 5.41) is 3.03. The molecule has 0 aliphatic rings. The fourth-order valence-electron chi connectivity index (χ4n) is 9.15. The fourth-order valence-corrected chi connectivity index (χ4v) is 9.15. The van der Waals surface area contributed by atoms with E-state index in [0.29, 0.717) is 44.8 Å². The van der Waals surface area contributed by atoms with E-state index in [4.69, 9.17) is 22.9 Å². The van der Waals surface area contributed by atoms with Crippen molar-refractivity contribution in [2.45, 2.75) is 98.8 Å². The van der Waals surface area contributed by atoms with Gasteiger partial charge in [0, 0.05) is 52.3 Å². The second kappa shape index (κ2) is 18.3. The van der Waals surface area contributed by atoms with Crippen LogP contribution in [0.5, 0.6) is 0 Å². The summed E-state index contributed by atoms with van der Waals surface area (Å²) in [6.07, 6.45) is 1.87. The molecule has 0 amide bonds. The van der Waals surface area contributed by atoms with Crippen LogP contribution in [-0.2, 0) is 30.9 Å². The van der Waals surface area contributed by atoms with Crippen LogP contribution in [0.2, 0.25) is 0 Å². The zero-order valence-corrected chi connectivity index (χ0v) is 43.3. The van der Waals surface area contributed by atoms with Gasteiger partial charge >= 0.3 is 0 Å². The number of pyridine rings is 1. The molecule has 0 aliphatic carbocycles. The van der Waals surface area contributed by atoms with Gasteiger partial charge in [-0.1, -0.05) is 142 Å². The van der Waals surface area contributed by atoms with Gasteiger partial charge in [-0.2, -0.15) is 0 Å². The minimum Gasteiger partial charge on any atom is -0.501 e. The molecule has 4 heterocycles. The number of nitrogens with zero attached hydrogens (tertiary/aromatic N) is 4. The van der Waals surface area contributed by atoms with E-state index in [9.17, 15) is 0 Å². The van der Waals surface area contributed by atoms with E-state index in [1.165, 1.54) is 22.3 Å². The Hall–Kier alpha value is -6.66. The Balaban J connectivity index is 0.000000321. The van der Waals surface area contributed by atoms with Gasteiger partial charge in [0.1, 0.15) is 11.1 Å². The van der Waals surface area contributed by atoms with Crippen molar-refractivity contribution in [1.82, 2.24) is 19.5 Å². The zero-order valence-electron chi connectivity index (χ0n) is 43.9. The summed E-state index contributed by atoms with van der Waals surface area (Å²) in [6.45, 7) is 19.3. The number of rotatable bonds is 6. The maximum Gasteiger partial charge on any atom is 0.200 e. The second-order valence-corrected chi connectivity index (χ2v) is 20.5. The molecule has 349 valence electrons. The average molecular weight is 1090 g/mol. The number of fused-ring (bicyclic) bond motifs is 7. The largest absolute Gasteiger partial charge is 0.501 e. The normalized spacial score (nSPS) is 13.0. The van der Waals surface area contributed by atoms with Gasteiger partial charge in [0.25, 0.3) is 0 Å². The summed E-state index contributed by atoms with van der Waals surface area (Å²) in [4.78, 5) is 14.6. The Labute approximate surface area is 423 Å². The molecule has 11 aromatic rings. The Bertz CT molecular complexity index is 3750. The molecule has 0 fully saturated rings. The number of oxazole rings is 1. The number of furan rings is 1. The topological polar surface area (TPSA) is 69.9 Å². The Morgan fingerprint density at radius 2 is 1.39 bits per heavy atom. The van der Waals surface area contributed by atoms with Gasteiger partial charge < -0.3 is 18.4 Å². The third-order valence-electron chi connectivity index (χ3n) is 12.8. The van der Waals surface area contributed by atoms with Crippen LogP contribution in [0.3, 0.4) is 0 Å². The summed E-state index contributed by atoms with van der Waals surface area (Å²) in [5.74, 6) is 1.64. The van der Waals surface area contributed by atoms with Crippen molar-refractivity contribution >= 4 is 54.8 Å². The summed E-state index contributed by atoms with van der Waals surface area (Å²) in [5.41, 5.74) is 14.0. The molecule has 0 bridgehead atoms. The number of para-hydroxylation sites is 2. The van der Waals surface area contributed by atoms with Crippen molar-refractivity contribution in [3.8, 4) is 39.5 Å². The molecular formula is C62H58IrN4O2-2. The van der Waals surface area contributed by atoms with Crippen LogP contribution in [0.25, 0.3) is 94.3 Å². The van der Waals surface area contributed by atoms with E-state index in [1.807, 2.05) is 79.0 Å². The first-order chi connectivity index (χ1) is 33.8. The van der Waals surface area contributed by atoms with Gasteiger partial charge in [-0.05, 0) is 105 Å². The molecule has 69 heavy (non-hydrogen) atoms. The van der Waals surface area contributed by atoms with Gasteiger partial charge in [0.2, 0.25) is 5.89 Å². The number of aryl methyl sites for hydroxylation is 1. The number of hydrogen-bond donors (Lipinski definition) is 0. The van der Waals surface area contributed by atoms with Crippen molar-refractivity contribution < 1.29 is 33.1 Å². The van der Waals surface area contributed by atoms with Gasteiger partial charge in [0.05, 0.1) is 22.4 Å². The third-order valence-corrected chi connectivity index (χ3v) is 12.8. The van der Waals surface area contributed by atoms with Crippen LogP contribution < -0.4 is 0 Å². The number of benzene rings is 7. The molecule has 0 saturated carbocycles. The number of imidazole rings is 1. The van der Waals surface area contributed by atoms with Gasteiger partial charge in [0.15, 0.2) is 5.58 Å². The number of hydrogen-bond acceptors (Lipinski definition) is 5. The van der Waals surface area contributed by atoms with Gasteiger partial charge in [-0.15, -0.1) is 53.6 Å². The molecule has 1 radical (unpaired) electrons. The molecule has 0 atom stereocenters. The predicted octanol–water partition coefficient (Wildman–Crippen LogP) is 17.0. The predicted molar refractivity (Wildman–Crippen MR) is 282 cm³/mol. The molecule has 0 N–H and O–H groups in total. The molecule has 7 heteroatoms. The van der Waals surface area contributed by atoms with Crippen molar-refractivity contribution in [1.29, 1.82) is 0 Å². The first kappa shape index (κ1) is 43.6. The minimum atomic E-state index is -2.42. The first-order valence-electron chi connectivity index (χ1n) is 25.1. The molecule has 0 aliphatic heterocycles. The fraction of sp³-hybridized carbons (Fsp3) is 0.242. The van der Waals surface area contributed by atoms with Gasteiger partial charge in [-0.25, -0.2) is 4.98 Å². The van der Waals surface area contributed by atoms with Crippen molar-refractivity contribution in [3.05, 3.63) is 180 Å². The van der Waals surface area contributed by atoms with Crippen LogP contribution in [-0.4, -0.2) is 19.5 Å². The summed E-state index contributed by atoms with van der Waals surface area (Å²) in [7, 11) is 0. The summed E-state index contributed by atoms with van der Waals surface area (Å²) >= 11 is 0. The van der Waals surface area contributed by atoms with E-state index in [0.717, 1.165) is 49.8 Å². The van der Waals surface area contributed by atoms with E-state index in [1.54, 1.807) is 6.07 Å². The molecule has 0 saturated heterocycles. The molecule has 0 spiro atoms. The first-order valence-corrected chi connectivity index (χ1v) is 23.6. The Morgan fingerprint density at radius 3 is 2.07 bits per heavy atom. The minimum absolute atomic E-state index is 0. The van der Waals surface area contributed by atoms with Gasteiger partial charge in [-0.3, -0.25) is 4.98 Å². The molecule has 0 unspecified atom stereocenters. The smallest absolute Gasteiger partial charge is 0.200 e. The molecule has 11 rings (SSSR count). The molecular weight excluding hydrogens is 1020 g/mol. The quantitative estimate of drug-likeness (QED) is 0.155. The number of aromatic nitrogens is 4. The molecule has 6 nitrogen and oxygen atoms in total. The van der Waals surface area contributed by atoms with Crippen molar-refractivity contribution in [3.63, 3.8) is 0 Å². The van der Waals surface area contributed by atoms with Crippen LogP contribution >= 0.6 is 0 Å². The Kier molecular flexibility index (Phi) is 11.6. The third kappa shape index (κ3) is 8.84. The van der Waals surface area contributed by atoms with Crippen LogP contribution in [0.15, 0.2) is 148 Å². The monoisotopic (exact) mass is 1090 g/mol. The maximum atomic E-state index is 8.61.